The van der Waals surface area contributed by atoms with Gasteiger partial charge in [0.1, 0.15) is 11.6 Å². The summed E-state index contributed by atoms with van der Waals surface area (Å²) in [6, 6.07) is 75.8. The van der Waals surface area contributed by atoms with Gasteiger partial charge < -0.3 is 9.80 Å². The lowest BCUT2D eigenvalue weighted by Gasteiger charge is -2.35. The van der Waals surface area contributed by atoms with E-state index >= 15 is 35.1 Å². The van der Waals surface area contributed by atoms with Gasteiger partial charge in [0.2, 0.25) is 0 Å². The van der Waals surface area contributed by atoms with Crippen molar-refractivity contribution in [3.05, 3.63) is 369 Å². The summed E-state index contributed by atoms with van der Waals surface area (Å²) in [5.74, 6) is -12.5. The summed E-state index contributed by atoms with van der Waals surface area (Å²) in [6.07, 6.45) is 3.36. The molecule has 3 aliphatic carbocycles. The molecule has 14 aromatic rings. The lowest BCUT2D eigenvalue weighted by Crippen LogP contribution is -2.33. The second-order valence-electron chi connectivity index (χ2n) is 27.8. The Morgan fingerprint density at radius 3 is 1.04 bits per heavy atom. The third-order valence-electron chi connectivity index (χ3n) is 22.4. The van der Waals surface area contributed by atoms with E-state index in [1.54, 1.807) is 48.6 Å². The Morgan fingerprint density at radius 2 is 0.653 bits per heavy atom. The molecule has 0 aromatic heterocycles. The van der Waals surface area contributed by atoms with E-state index in [1.165, 1.54) is 0 Å². The Kier molecular flexibility index (Phi) is 12.9. The molecule has 2 heterocycles. The van der Waals surface area contributed by atoms with Crippen LogP contribution in [0.2, 0.25) is 0 Å². The van der Waals surface area contributed by atoms with Gasteiger partial charge in [-0.05, 0) is 197 Å². The van der Waals surface area contributed by atoms with Crippen LogP contribution in [0.25, 0.3) is 89.3 Å². The molecule has 19 rings (SSSR count). The third-order valence-corrected chi connectivity index (χ3v) is 22.4. The van der Waals surface area contributed by atoms with Gasteiger partial charge in [0.05, 0.1) is 33.3 Å². The number of hydrogen-bond donors (Lipinski definition) is 0. The molecule has 0 saturated carbocycles. The molecule has 12 bridgehead atoms. The second kappa shape index (κ2) is 21.6. The zero-order valence-corrected chi connectivity index (χ0v) is 54.5. The van der Waals surface area contributed by atoms with Gasteiger partial charge in [-0.15, -0.1) is 0 Å². The van der Waals surface area contributed by atoms with Crippen molar-refractivity contribution in [2.24, 2.45) is 0 Å². The van der Waals surface area contributed by atoms with Gasteiger partial charge in [0.15, 0.2) is 34.9 Å². The summed E-state index contributed by atoms with van der Waals surface area (Å²) in [7, 11) is 0. The maximum atomic E-state index is 18.7. The summed E-state index contributed by atoms with van der Waals surface area (Å²) in [5.41, 5.74) is 8.54. The molecule has 14 aromatic carbocycles. The molecule has 2 atom stereocenters. The minimum Gasteiger partial charge on any atom is -0.310 e. The standard InChI is InChI=1S/C91H56F8N2/c1-5-49-23-27-51(28-24-49)47-90-69-21-13-11-19-63(69)67-37-33-59(45-73(67)90)100(75-41-55(39-53-15-7-9-17-61(53)75)77-81(92)79(90)85(96)87(98)83(77)94)57-31-35-65-66-36-32-58(44-72(66)89(3,4)71(65)43-57)101-60-34-38-68-64-20-12-14-22-70(64)91(74(68)46-60,48-52-29-25-50(6-2)26-30-52)80-82(93)78(84(95)88(99)86(80)97)56-40-54-16-8-10-18-62(54)76(101)42-56/h5-46H,1-2,47-48H2,3-4H3. The van der Waals surface area contributed by atoms with Crippen molar-refractivity contribution in [3.63, 3.8) is 0 Å². The molecule has 0 radical (unpaired) electrons. The Hall–Kier alpha value is -11.9. The molecule has 2 unspecified atom stereocenters. The van der Waals surface area contributed by atoms with Gasteiger partial charge in [-0.25, -0.2) is 35.1 Å². The van der Waals surface area contributed by atoms with Crippen molar-refractivity contribution in [2.75, 3.05) is 9.80 Å². The highest BCUT2D eigenvalue weighted by Gasteiger charge is 2.53. The average molecular weight is 1330 g/mol. The number of rotatable bonds is 8. The van der Waals surface area contributed by atoms with Crippen molar-refractivity contribution in [2.45, 2.75) is 42.9 Å². The molecule has 0 saturated heterocycles. The van der Waals surface area contributed by atoms with Crippen LogP contribution in [0.3, 0.4) is 0 Å². The first-order chi connectivity index (χ1) is 49.0. The first kappa shape index (κ1) is 60.3. The molecular formula is C91H56F8N2. The zero-order chi connectivity index (χ0) is 68.9. The smallest absolute Gasteiger partial charge is 0.195 e. The SMILES string of the molecule is C=Cc1ccc(CC23c4ccccc4-c4ccc(cc42)N(c2ccc4c(c2)C(C)(C)c2cc(N5c6ccc7c(c6)C(Cc6ccc(C=C)cc6)(c6ccccc6-7)c6c(F)c(F)c(F)c(c6F)-c6cc5c5ccccc5c6)ccc2-4)c2cc(cc4ccccc24)-c2c(F)c(F)c(F)c3c2F)cc1. The quantitative estimate of drug-likeness (QED) is 0.0850. The van der Waals surface area contributed by atoms with Gasteiger partial charge >= 0.3 is 0 Å². The normalized spacial score (nSPS) is 16.5. The van der Waals surface area contributed by atoms with Crippen molar-refractivity contribution >= 4 is 67.8 Å². The van der Waals surface area contributed by atoms with Crippen molar-refractivity contribution in [3.8, 4) is 55.6 Å². The summed E-state index contributed by atoms with van der Waals surface area (Å²) < 4.78 is 141. The largest absolute Gasteiger partial charge is 0.310 e. The summed E-state index contributed by atoms with van der Waals surface area (Å²) in [6.45, 7) is 12.2. The van der Waals surface area contributed by atoms with E-state index in [9.17, 15) is 0 Å². The van der Waals surface area contributed by atoms with Gasteiger partial charge in [0.25, 0.3) is 0 Å². The topological polar surface area (TPSA) is 6.48 Å². The van der Waals surface area contributed by atoms with Crippen LogP contribution in [0.5, 0.6) is 0 Å². The Labute approximate surface area is 577 Å². The first-order valence-corrected chi connectivity index (χ1v) is 33.6. The monoisotopic (exact) mass is 1330 g/mol. The molecular weight excluding hydrogens is 1270 g/mol. The van der Waals surface area contributed by atoms with Crippen LogP contribution in [0.4, 0.5) is 69.2 Å². The molecule has 5 aliphatic rings. The fraction of sp³-hybridized carbons (Fsp3) is 0.0769. The van der Waals surface area contributed by atoms with Crippen molar-refractivity contribution < 1.29 is 35.1 Å². The van der Waals surface area contributed by atoms with Crippen LogP contribution < -0.4 is 9.80 Å². The highest BCUT2D eigenvalue weighted by molar-refractivity contribution is 6.06. The molecule has 0 amide bonds. The van der Waals surface area contributed by atoms with E-state index in [-0.39, 0.29) is 24.0 Å². The molecule has 0 fully saturated rings. The molecule has 101 heavy (non-hydrogen) atoms. The van der Waals surface area contributed by atoms with E-state index in [0.717, 1.165) is 44.2 Å². The van der Waals surface area contributed by atoms with Crippen LogP contribution in [0.1, 0.15) is 80.6 Å². The van der Waals surface area contributed by atoms with E-state index in [1.807, 2.05) is 182 Å². The zero-order valence-electron chi connectivity index (χ0n) is 54.5. The first-order valence-electron chi connectivity index (χ1n) is 33.6. The maximum absolute atomic E-state index is 18.7. The second-order valence-corrected chi connectivity index (χ2v) is 27.8. The van der Waals surface area contributed by atoms with E-state index in [4.69, 9.17) is 0 Å². The summed E-state index contributed by atoms with van der Waals surface area (Å²) in [5, 5.41) is 2.64. The fourth-order valence-electron chi connectivity index (χ4n) is 17.8. The molecule has 486 valence electrons. The van der Waals surface area contributed by atoms with E-state index in [2.05, 4.69) is 61.1 Å². The summed E-state index contributed by atoms with van der Waals surface area (Å²) >= 11 is 0. The average Bonchev–Trinajstić information content (AvgIpc) is 1.52. The molecule has 0 spiro atoms. The van der Waals surface area contributed by atoms with Gasteiger partial charge in [-0.2, -0.15) is 0 Å². The molecule has 10 heteroatoms. The van der Waals surface area contributed by atoms with Crippen LogP contribution in [-0.4, -0.2) is 0 Å². The molecule has 2 aliphatic heterocycles. The predicted octanol–water partition coefficient (Wildman–Crippen LogP) is 24.7. The van der Waals surface area contributed by atoms with Gasteiger partial charge in [-0.3, -0.25) is 0 Å². The van der Waals surface area contributed by atoms with E-state index < -0.39 is 85.0 Å². The van der Waals surface area contributed by atoms with E-state index in [0.29, 0.717) is 101 Å². The van der Waals surface area contributed by atoms with Crippen molar-refractivity contribution in [1.29, 1.82) is 0 Å². The number of anilines is 6. The minimum absolute atomic E-state index is 0.0110. The number of benzene rings is 14. The number of nitrogens with zero attached hydrogens (tertiary/aromatic N) is 2. The van der Waals surface area contributed by atoms with Crippen molar-refractivity contribution in [1.82, 2.24) is 0 Å². The minimum atomic E-state index is -1.78. The van der Waals surface area contributed by atoms with Crippen LogP contribution in [-0.2, 0) is 29.1 Å². The highest BCUT2D eigenvalue weighted by atomic mass is 19.2. The predicted molar refractivity (Wildman–Crippen MR) is 390 cm³/mol. The van der Waals surface area contributed by atoms with Gasteiger partial charge in [0, 0.05) is 50.1 Å². The molecule has 2 nitrogen and oxygen atoms in total. The number of halogens is 8. The van der Waals surface area contributed by atoms with Crippen LogP contribution in [0.15, 0.2) is 256 Å². The lowest BCUT2D eigenvalue weighted by atomic mass is 9.67. The number of hydrogen-bond acceptors (Lipinski definition) is 2. The lowest BCUT2D eigenvalue weighted by molar-refractivity contribution is 0.410. The van der Waals surface area contributed by atoms with Gasteiger partial charge in [-0.1, -0.05) is 209 Å². The Balaban J connectivity index is 0.824. The summed E-state index contributed by atoms with van der Waals surface area (Å²) in [4.78, 5) is 4.15. The van der Waals surface area contributed by atoms with Crippen LogP contribution in [0, 0.1) is 46.5 Å². The maximum Gasteiger partial charge on any atom is 0.195 e. The molecule has 0 N–H and O–H groups in total. The van der Waals surface area contributed by atoms with Crippen LogP contribution >= 0.6 is 0 Å². The highest BCUT2D eigenvalue weighted by Crippen LogP contribution is 2.62. The fourth-order valence-corrected chi connectivity index (χ4v) is 17.8. The Bertz CT molecular complexity index is 5680. The third kappa shape index (κ3) is 8.21. The Morgan fingerprint density at radius 1 is 0.317 bits per heavy atom. The number of fused-ring (bicyclic) bond motifs is 27.